The second-order valence-corrected chi connectivity index (χ2v) is 8.74. The number of hydrogen-bond donors (Lipinski definition) is 2. The minimum absolute atomic E-state index is 0.106. The predicted octanol–water partition coefficient (Wildman–Crippen LogP) is 5.70. The highest BCUT2D eigenvalue weighted by molar-refractivity contribution is 6.53. The van der Waals surface area contributed by atoms with Crippen molar-refractivity contribution in [3.8, 4) is 11.5 Å². The topological polar surface area (TPSA) is 97.0 Å². The average Bonchev–Trinajstić information content (AvgIpc) is 3.06. The van der Waals surface area contributed by atoms with E-state index in [0.29, 0.717) is 32.7 Å². The molecule has 0 bridgehead atoms. The summed E-state index contributed by atoms with van der Waals surface area (Å²) in [6.45, 7) is 0. The van der Waals surface area contributed by atoms with Crippen LogP contribution < -0.4 is 25.0 Å². The van der Waals surface area contributed by atoms with Crippen molar-refractivity contribution in [2.75, 3.05) is 29.8 Å². The predicted molar refractivity (Wildman–Crippen MR) is 139 cm³/mol. The molecule has 0 saturated heterocycles. The summed E-state index contributed by atoms with van der Waals surface area (Å²) in [5.74, 6) is -0.994. The van der Waals surface area contributed by atoms with E-state index in [9.17, 15) is 14.4 Å². The van der Waals surface area contributed by atoms with E-state index in [4.69, 9.17) is 44.3 Å². The van der Waals surface area contributed by atoms with Crippen LogP contribution in [0.3, 0.4) is 0 Å². The maximum absolute atomic E-state index is 13.1. The zero-order chi connectivity index (χ0) is 26.0. The van der Waals surface area contributed by atoms with Gasteiger partial charge >= 0.3 is 0 Å². The fourth-order valence-corrected chi connectivity index (χ4v) is 4.22. The number of nitrogens with one attached hydrogen (secondary N) is 2. The average molecular weight is 547 g/mol. The third-order valence-corrected chi connectivity index (χ3v) is 5.98. The van der Waals surface area contributed by atoms with Crippen LogP contribution in [0.25, 0.3) is 0 Å². The SMILES string of the molecule is COc1ccc(N2C(=O)C(Cl)=C(Nc3ccc(C(=O)Nc4cc(Cl)cc(Cl)c4)cc3)C2=O)c(OC)c1. The Morgan fingerprint density at radius 2 is 1.47 bits per heavy atom. The Morgan fingerprint density at radius 3 is 2.08 bits per heavy atom. The molecule has 3 aromatic carbocycles. The number of anilines is 3. The van der Waals surface area contributed by atoms with Crippen LogP contribution in [-0.2, 0) is 9.59 Å². The fraction of sp³-hybridized carbons (Fsp3) is 0.0800. The largest absolute Gasteiger partial charge is 0.497 e. The Kier molecular flexibility index (Phi) is 7.40. The Morgan fingerprint density at radius 1 is 0.806 bits per heavy atom. The summed E-state index contributed by atoms with van der Waals surface area (Å²) in [4.78, 5) is 39.4. The molecule has 36 heavy (non-hydrogen) atoms. The number of methoxy groups -OCH3 is 2. The van der Waals surface area contributed by atoms with Crippen LogP contribution in [0.15, 0.2) is 71.4 Å². The van der Waals surface area contributed by atoms with Crippen LogP contribution in [0.2, 0.25) is 10.0 Å². The van der Waals surface area contributed by atoms with E-state index in [-0.39, 0.29) is 28.1 Å². The molecule has 1 heterocycles. The molecule has 0 spiro atoms. The molecule has 4 rings (SSSR count). The van der Waals surface area contributed by atoms with E-state index in [1.165, 1.54) is 20.3 Å². The molecule has 3 amide bonds. The molecule has 0 aliphatic carbocycles. The summed E-state index contributed by atoms with van der Waals surface area (Å²) in [7, 11) is 2.90. The minimum Gasteiger partial charge on any atom is -0.497 e. The van der Waals surface area contributed by atoms with Gasteiger partial charge in [-0.25, -0.2) is 4.90 Å². The Labute approximate surface area is 221 Å². The van der Waals surface area contributed by atoms with Crippen molar-refractivity contribution >= 4 is 69.6 Å². The second kappa shape index (κ2) is 10.5. The first kappa shape index (κ1) is 25.4. The number of hydrogen-bond acceptors (Lipinski definition) is 6. The molecule has 1 aliphatic rings. The number of nitrogens with zero attached hydrogens (tertiary/aromatic N) is 1. The molecule has 2 N–H and O–H groups in total. The molecule has 0 atom stereocenters. The number of halogens is 3. The van der Waals surface area contributed by atoms with E-state index >= 15 is 0 Å². The lowest BCUT2D eigenvalue weighted by atomic mass is 10.2. The number of carbonyl (C=O) groups is 3. The van der Waals surface area contributed by atoms with Gasteiger partial charge in [-0.15, -0.1) is 0 Å². The number of rotatable bonds is 7. The Bertz CT molecular complexity index is 1390. The molecular weight excluding hydrogens is 529 g/mol. The summed E-state index contributed by atoms with van der Waals surface area (Å²) >= 11 is 18.2. The molecule has 0 radical (unpaired) electrons. The molecule has 0 saturated carbocycles. The number of imide groups is 1. The third-order valence-electron chi connectivity index (χ3n) is 5.19. The molecule has 0 aromatic heterocycles. The highest BCUT2D eigenvalue weighted by atomic mass is 35.5. The monoisotopic (exact) mass is 545 g/mol. The van der Waals surface area contributed by atoms with Crippen molar-refractivity contribution in [1.82, 2.24) is 0 Å². The van der Waals surface area contributed by atoms with E-state index in [2.05, 4.69) is 10.6 Å². The first-order chi connectivity index (χ1) is 17.2. The van der Waals surface area contributed by atoms with E-state index in [0.717, 1.165) is 4.90 Å². The second-order valence-electron chi connectivity index (χ2n) is 7.49. The van der Waals surface area contributed by atoms with Crippen LogP contribution in [0.1, 0.15) is 10.4 Å². The standard InChI is InChI=1S/C25H18Cl3N3O5/c1-35-18-7-8-19(20(12-18)36-2)31-24(33)21(28)22(25(31)34)29-16-5-3-13(4-6-16)23(32)30-17-10-14(26)9-15(27)11-17/h3-12,29H,1-2H3,(H,30,32). The zero-order valence-corrected chi connectivity index (χ0v) is 21.2. The third kappa shape index (κ3) is 5.11. The quantitative estimate of drug-likeness (QED) is 0.369. The maximum Gasteiger partial charge on any atom is 0.283 e. The molecular formula is C25H18Cl3N3O5. The molecule has 11 heteroatoms. The summed E-state index contributed by atoms with van der Waals surface area (Å²) in [6.07, 6.45) is 0. The van der Waals surface area contributed by atoms with Crippen LogP contribution >= 0.6 is 34.8 Å². The number of amides is 3. The van der Waals surface area contributed by atoms with Crippen molar-refractivity contribution in [1.29, 1.82) is 0 Å². The number of benzene rings is 3. The van der Waals surface area contributed by atoms with Gasteiger partial charge in [-0.05, 0) is 54.6 Å². The summed E-state index contributed by atoms with van der Waals surface area (Å²) in [6, 6.07) is 15.6. The minimum atomic E-state index is -0.705. The van der Waals surface area contributed by atoms with Gasteiger partial charge in [0.25, 0.3) is 17.7 Å². The van der Waals surface area contributed by atoms with E-state index in [1.54, 1.807) is 54.6 Å². The molecule has 0 fully saturated rings. The normalized spacial score (nSPS) is 13.2. The number of ether oxygens (including phenoxy) is 2. The molecule has 0 unspecified atom stereocenters. The lowest BCUT2D eigenvalue weighted by Crippen LogP contribution is -2.32. The Balaban J connectivity index is 1.51. The van der Waals surface area contributed by atoms with Crippen LogP contribution in [0.5, 0.6) is 11.5 Å². The van der Waals surface area contributed by atoms with Gasteiger partial charge in [-0.3, -0.25) is 14.4 Å². The van der Waals surface area contributed by atoms with Gasteiger partial charge in [-0.1, -0.05) is 34.8 Å². The Hall–Kier alpha value is -3.72. The van der Waals surface area contributed by atoms with Crippen molar-refractivity contribution < 1.29 is 23.9 Å². The summed E-state index contributed by atoms with van der Waals surface area (Å²) in [5, 5.41) is 6.07. The van der Waals surface area contributed by atoms with Crippen molar-refractivity contribution in [2.24, 2.45) is 0 Å². The van der Waals surface area contributed by atoms with Gasteiger partial charge in [0.05, 0.1) is 19.9 Å². The molecule has 3 aromatic rings. The lowest BCUT2D eigenvalue weighted by Gasteiger charge is -2.18. The van der Waals surface area contributed by atoms with Gasteiger partial charge in [-0.2, -0.15) is 0 Å². The van der Waals surface area contributed by atoms with E-state index < -0.39 is 11.8 Å². The highest BCUT2D eigenvalue weighted by Crippen LogP contribution is 2.37. The van der Waals surface area contributed by atoms with Crippen molar-refractivity contribution in [2.45, 2.75) is 0 Å². The smallest absolute Gasteiger partial charge is 0.283 e. The number of carbonyl (C=O) groups excluding carboxylic acids is 3. The molecule has 8 nitrogen and oxygen atoms in total. The fourth-order valence-electron chi connectivity index (χ4n) is 3.48. The van der Waals surface area contributed by atoms with Gasteiger partial charge in [0.15, 0.2) is 0 Å². The lowest BCUT2D eigenvalue weighted by molar-refractivity contribution is -0.120. The van der Waals surface area contributed by atoms with E-state index in [1.807, 2.05) is 0 Å². The summed E-state index contributed by atoms with van der Waals surface area (Å²) in [5.41, 5.74) is 1.34. The van der Waals surface area contributed by atoms with Crippen molar-refractivity contribution in [3.05, 3.63) is 87.0 Å². The van der Waals surface area contributed by atoms with Gasteiger partial charge in [0.2, 0.25) is 0 Å². The molecule has 184 valence electrons. The highest BCUT2D eigenvalue weighted by Gasteiger charge is 2.40. The first-order valence-electron chi connectivity index (χ1n) is 10.4. The van der Waals surface area contributed by atoms with Crippen molar-refractivity contribution in [3.63, 3.8) is 0 Å². The van der Waals surface area contributed by atoms with Gasteiger partial charge in [0.1, 0.15) is 22.2 Å². The van der Waals surface area contributed by atoms with Crippen LogP contribution in [0, 0.1) is 0 Å². The maximum atomic E-state index is 13.1. The first-order valence-corrected chi connectivity index (χ1v) is 11.5. The van der Waals surface area contributed by atoms with Crippen LogP contribution in [0.4, 0.5) is 17.1 Å². The van der Waals surface area contributed by atoms with Gasteiger partial charge < -0.3 is 20.1 Å². The van der Waals surface area contributed by atoms with Gasteiger partial charge in [0, 0.05) is 33.0 Å². The molecule has 1 aliphatic heterocycles. The zero-order valence-electron chi connectivity index (χ0n) is 18.9. The van der Waals surface area contributed by atoms with Crippen LogP contribution in [-0.4, -0.2) is 31.9 Å². The summed E-state index contributed by atoms with van der Waals surface area (Å²) < 4.78 is 10.5.